The van der Waals surface area contributed by atoms with Crippen molar-refractivity contribution in [1.82, 2.24) is 0 Å². The first-order chi connectivity index (χ1) is 7.29. The molecule has 2 nitrogen and oxygen atoms in total. The smallest absolute Gasteiger partial charge is 0.0716 e. The van der Waals surface area contributed by atoms with E-state index in [1.165, 1.54) is 5.56 Å². The minimum absolute atomic E-state index is 0.372. The van der Waals surface area contributed by atoms with Gasteiger partial charge in [-0.15, -0.1) is 0 Å². The van der Waals surface area contributed by atoms with Crippen molar-refractivity contribution in [3.05, 3.63) is 35.9 Å². The summed E-state index contributed by atoms with van der Waals surface area (Å²) in [5.74, 6) is 0. The molecule has 0 N–H and O–H groups in total. The van der Waals surface area contributed by atoms with Crippen LogP contribution in [0.25, 0.3) is 0 Å². The fourth-order valence-electron chi connectivity index (χ4n) is 1.68. The van der Waals surface area contributed by atoms with Crippen LogP contribution < -0.4 is 0 Å². The number of ether oxygens (including phenoxy) is 2. The van der Waals surface area contributed by atoms with E-state index in [1.54, 1.807) is 0 Å². The fraction of sp³-hybridized carbons (Fsp3) is 0.538. The van der Waals surface area contributed by atoms with Gasteiger partial charge in [0, 0.05) is 12.0 Å². The number of rotatable bonds is 5. The Labute approximate surface area is 91.2 Å². The average molecular weight is 206 g/mol. The van der Waals surface area contributed by atoms with Crippen LogP contribution in [0.15, 0.2) is 30.3 Å². The van der Waals surface area contributed by atoms with Crippen molar-refractivity contribution < 1.29 is 9.47 Å². The van der Waals surface area contributed by atoms with Crippen LogP contribution in [0, 0.1) is 5.41 Å². The van der Waals surface area contributed by atoms with Gasteiger partial charge in [0.2, 0.25) is 0 Å². The van der Waals surface area contributed by atoms with Gasteiger partial charge in [0.1, 0.15) is 0 Å². The number of hydrogen-bond donors (Lipinski definition) is 0. The standard InChI is InChI=1S/C13H18O2/c1-13(10-15-11-13)7-8-14-9-12-5-3-2-4-6-12/h2-6H,7-11H2,1H3. The van der Waals surface area contributed by atoms with E-state index in [9.17, 15) is 0 Å². The Morgan fingerprint density at radius 1 is 1.27 bits per heavy atom. The molecule has 0 amide bonds. The summed E-state index contributed by atoms with van der Waals surface area (Å²) < 4.78 is 10.8. The number of hydrogen-bond acceptors (Lipinski definition) is 2. The van der Waals surface area contributed by atoms with Crippen LogP contribution in [-0.4, -0.2) is 19.8 Å². The van der Waals surface area contributed by atoms with Crippen molar-refractivity contribution in [1.29, 1.82) is 0 Å². The summed E-state index contributed by atoms with van der Waals surface area (Å²) in [5.41, 5.74) is 1.61. The molecular weight excluding hydrogens is 188 g/mol. The Hall–Kier alpha value is -0.860. The quantitative estimate of drug-likeness (QED) is 0.689. The van der Waals surface area contributed by atoms with Crippen molar-refractivity contribution in [2.75, 3.05) is 19.8 Å². The zero-order valence-electron chi connectivity index (χ0n) is 9.24. The van der Waals surface area contributed by atoms with Gasteiger partial charge in [-0.3, -0.25) is 0 Å². The average Bonchev–Trinajstić information content (AvgIpc) is 2.23. The summed E-state index contributed by atoms with van der Waals surface area (Å²) in [7, 11) is 0. The third-order valence-corrected chi connectivity index (χ3v) is 2.86. The highest BCUT2D eigenvalue weighted by molar-refractivity contribution is 5.13. The second-order valence-electron chi connectivity index (χ2n) is 4.59. The first-order valence-corrected chi connectivity index (χ1v) is 5.48. The maximum absolute atomic E-state index is 5.64. The predicted octanol–water partition coefficient (Wildman–Crippen LogP) is 2.63. The van der Waals surface area contributed by atoms with Crippen LogP contribution in [0.1, 0.15) is 18.9 Å². The van der Waals surface area contributed by atoms with Crippen molar-refractivity contribution in [2.45, 2.75) is 20.0 Å². The second kappa shape index (κ2) is 4.77. The minimum atomic E-state index is 0.372. The Balaban J connectivity index is 1.63. The molecule has 1 aliphatic rings. The van der Waals surface area contributed by atoms with E-state index in [0.29, 0.717) is 5.41 Å². The Bertz CT molecular complexity index is 291. The molecule has 1 heterocycles. The van der Waals surface area contributed by atoms with Gasteiger partial charge in [-0.2, -0.15) is 0 Å². The van der Waals surface area contributed by atoms with E-state index >= 15 is 0 Å². The fourth-order valence-corrected chi connectivity index (χ4v) is 1.68. The molecule has 1 fully saturated rings. The van der Waals surface area contributed by atoms with E-state index in [4.69, 9.17) is 9.47 Å². The second-order valence-corrected chi connectivity index (χ2v) is 4.59. The van der Waals surface area contributed by atoms with Gasteiger partial charge < -0.3 is 9.47 Å². The zero-order valence-corrected chi connectivity index (χ0v) is 9.24. The molecule has 0 radical (unpaired) electrons. The molecule has 1 aliphatic heterocycles. The summed E-state index contributed by atoms with van der Waals surface area (Å²) in [6, 6.07) is 10.3. The highest BCUT2D eigenvalue weighted by Gasteiger charge is 2.32. The molecule has 0 spiro atoms. The first-order valence-electron chi connectivity index (χ1n) is 5.48. The van der Waals surface area contributed by atoms with Gasteiger partial charge in [0.15, 0.2) is 0 Å². The van der Waals surface area contributed by atoms with Crippen molar-refractivity contribution >= 4 is 0 Å². The Morgan fingerprint density at radius 3 is 2.60 bits per heavy atom. The Morgan fingerprint density at radius 2 is 2.00 bits per heavy atom. The monoisotopic (exact) mass is 206 g/mol. The molecule has 0 saturated carbocycles. The van der Waals surface area contributed by atoms with Gasteiger partial charge in [-0.25, -0.2) is 0 Å². The lowest BCUT2D eigenvalue weighted by Gasteiger charge is -2.37. The van der Waals surface area contributed by atoms with E-state index in [1.807, 2.05) is 18.2 Å². The zero-order chi connectivity index (χ0) is 10.6. The SMILES string of the molecule is CC1(CCOCc2ccccc2)COC1. The summed E-state index contributed by atoms with van der Waals surface area (Å²) >= 11 is 0. The summed E-state index contributed by atoms with van der Waals surface area (Å²) in [4.78, 5) is 0. The highest BCUT2D eigenvalue weighted by Crippen LogP contribution is 2.30. The first kappa shape index (κ1) is 10.7. The minimum Gasteiger partial charge on any atom is -0.380 e. The largest absolute Gasteiger partial charge is 0.380 e. The third-order valence-electron chi connectivity index (χ3n) is 2.86. The molecule has 0 bridgehead atoms. The lowest BCUT2D eigenvalue weighted by molar-refractivity contribution is -0.115. The number of benzene rings is 1. The molecule has 82 valence electrons. The van der Waals surface area contributed by atoms with E-state index in [0.717, 1.165) is 32.8 Å². The molecule has 0 unspecified atom stereocenters. The van der Waals surface area contributed by atoms with Crippen LogP contribution in [0.2, 0.25) is 0 Å². The third kappa shape index (κ3) is 3.05. The van der Waals surface area contributed by atoms with Crippen LogP contribution in [-0.2, 0) is 16.1 Å². The van der Waals surface area contributed by atoms with Crippen molar-refractivity contribution in [3.63, 3.8) is 0 Å². The summed E-state index contributed by atoms with van der Waals surface area (Å²) in [5, 5.41) is 0. The topological polar surface area (TPSA) is 18.5 Å². The molecule has 1 aromatic rings. The lowest BCUT2D eigenvalue weighted by atomic mass is 9.85. The van der Waals surface area contributed by atoms with Gasteiger partial charge in [0.25, 0.3) is 0 Å². The molecule has 0 atom stereocenters. The van der Waals surface area contributed by atoms with Gasteiger partial charge in [-0.05, 0) is 12.0 Å². The van der Waals surface area contributed by atoms with E-state index in [-0.39, 0.29) is 0 Å². The molecule has 0 aliphatic carbocycles. The molecule has 2 rings (SSSR count). The van der Waals surface area contributed by atoms with Crippen molar-refractivity contribution in [2.24, 2.45) is 5.41 Å². The normalized spacial score (nSPS) is 18.5. The Kier molecular flexibility index (Phi) is 3.39. The van der Waals surface area contributed by atoms with Gasteiger partial charge in [0.05, 0.1) is 19.8 Å². The van der Waals surface area contributed by atoms with Crippen LogP contribution >= 0.6 is 0 Å². The van der Waals surface area contributed by atoms with E-state index < -0.39 is 0 Å². The molecule has 0 aromatic heterocycles. The van der Waals surface area contributed by atoms with Gasteiger partial charge in [-0.1, -0.05) is 37.3 Å². The molecule has 2 heteroatoms. The van der Waals surface area contributed by atoms with Crippen molar-refractivity contribution in [3.8, 4) is 0 Å². The van der Waals surface area contributed by atoms with Gasteiger partial charge >= 0.3 is 0 Å². The maximum Gasteiger partial charge on any atom is 0.0716 e. The van der Waals surface area contributed by atoms with Crippen LogP contribution in [0.3, 0.4) is 0 Å². The highest BCUT2D eigenvalue weighted by atomic mass is 16.5. The summed E-state index contributed by atoms with van der Waals surface area (Å²) in [6.45, 7) is 5.58. The van der Waals surface area contributed by atoms with Crippen LogP contribution in [0.4, 0.5) is 0 Å². The van der Waals surface area contributed by atoms with E-state index in [2.05, 4.69) is 19.1 Å². The molecule has 1 saturated heterocycles. The van der Waals surface area contributed by atoms with Crippen LogP contribution in [0.5, 0.6) is 0 Å². The lowest BCUT2D eigenvalue weighted by Crippen LogP contribution is -2.40. The molecular formula is C13H18O2. The predicted molar refractivity (Wildman–Crippen MR) is 59.6 cm³/mol. The molecule has 1 aromatic carbocycles. The molecule has 15 heavy (non-hydrogen) atoms. The summed E-state index contributed by atoms with van der Waals surface area (Å²) in [6.07, 6.45) is 1.10. The maximum atomic E-state index is 5.64.